The number of aromatic nitrogens is 4. The third-order valence-corrected chi connectivity index (χ3v) is 8.19. The summed E-state index contributed by atoms with van der Waals surface area (Å²) in [6.07, 6.45) is 3.47. The Balaban J connectivity index is 1.29. The van der Waals surface area contributed by atoms with Crippen LogP contribution in [0, 0.1) is 18.3 Å². The van der Waals surface area contributed by atoms with Gasteiger partial charge in [-0.25, -0.2) is 4.98 Å². The molecule has 2 N–H and O–H groups in total. The summed E-state index contributed by atoms with van der Waals surface area (Å²) < 4.78 is 5.44. The van der Waals surface area contributed by atoms with Crippen LogP contribution in [0.25, 0.3) is 22.6 Å². The average molecular weight is 450 g/mol. The normalized spacial score (nSPS) is 25.5. The van der Waals surface area contributed by atoms with Gasteiger partial charge in [-0.3, -0.25) is 14.8 Å². The third kappa shape index (κ3) is 3.38. The third-order valence-electron chi connectivity index (χ3n) is 8.19. The first kappa shape index (κ1) is 20.9. The lowest BCUT2D eigenvalue weighted by Crippen LogP contribution is -2.50. The summed E-state index contributed by atoms with van der Waals surface area (Å²) in [5.74, 6) is 1.66. The summed E-state index contributed by atoms with van der Waals surface area (Å²) in [5.41, 5.74) is 7.75. The average Bonchev–Trinajstić information content (AvgIpc) is 3.10. The first-order valence-corrected chi connectivity index (χ1v) is 12.0. The van der Waals surface area contributed by atoms with Crippen LogP contribution in [-0.2, 0) is 22.4 Å². The quantitative estimate of drug-likeness (QED) is 0.598. The van der Waals surface area contributed by atoms with Gasteiger partial charge in [-0.2, -0.15) is 5.10 Å². The molecule has 2 aromatic heterocycles. The maximum Gasteiger partial charge on any atom is 0.243 e. The van der Waals surface area contributed by atoms with E-state index < -0.39 is 0 Å². The predicted octanol–water partition coefficient (Wildman–Crippen LogP) is 3.07. The second kappa shape index (κ2) is 7.40. The number of hydrogen-bond acceptors (Lipinski definition) is 5. The molecule has 8 nitrogen and oxygen atoms in total. The van der Waals surface area contributed by atoms with Crippen LogP contribution in [-0.4, -0.2) is 70.4 Å². The van der Waals surface area contributed by atoms with Crippen molar-refractivity contribution in [2.45, 2.75) is 46.1 Å². The molecule has 6 rings (SSSR count). The standard InChI is InChI=1S/C25H32N6O2/c1-14-9-18-19(11-21(14)30(4)24(32)15(2)31-5-7-33-8-6-31)27-23(26-18)22-17-10-16-12-25(16,3)13-20(17)28-29-22/h9,11,15-16H,5-8,10,12-13H2,1-4H3,(H,26,27)(H,28,29)/t15-,16+,25+/m0/s1/i4+1. The van der Waals surface area contributed by atoms with Crippen molar-refractivity contribution in [1.29, 1.82) is 0 Å². The minimum Gasteiger partial charge on any atom is -0.379 e. The first-order chi connectivity index (χ1) is 15.8. The van der Waals surface area contributed by atoms with Crippen LogP contribution in [0.2, 0.25) is 0 Å². The zero-order valence-electron chi connectivity index (χ0n) is 19.9. The molecular weight excluding hydrogens is 417 g/mol. The molecule has 1 amide bonds. The van der Waals surface area contributed by atoms with Crippen molar-refractivity contribution in [2.24, 2.45) is 11.3 Å². The second-order valence-corrected chi connectivity index (χ2v) is 10.4. The van der Waals surface area contributed by atoms with E-state index in [0.29, 0.717) is 18.6 Å². The van der Waals surface area contributed by atoms with Crippen LogP contribution >= 0.6 is 0 Å². The Kier molecular flexibility index (Phi) is 4.68. The van der Waals surface area contributed by atoms with E-state index >= 15 is 0 Å². The van der Waals surface area contributed by atoms with E-state index in [-0.39, 0.29) is 11.9 Å². The molecule has 0 radical (unpaired) electrons. The van der Waals surface area contributed by atoms with Crippen LogP contribution in [0.1, 0.15) is 37.1 Å². The van der Waals surface area contributed by atoms with Crippen LogP contribution in [0.15, 0.2) is 12.1 Å². The van der Waals surface area contributed by atoms with Gasteiger partial charge in [0.2, 0.25) is 5.91 Å². The van der Waals surface area contributed by atoms with Crippen molar-refractivity contribution in [3.8, 4) is 11.5 Å². The second-order valence-electron chi connectivity index (χ2n) is 10.4. The van der Waals surface area contributed by atoms with Crippen LogP contribution < -0.4 is 4.90 Å². The van der Waals surface area contributed by atoms with Gasteiger partial charge < -0.3 is 14.6 Å². The predicted molar refractivity (Wildman–Crippen MR) is 127 cm³/mol. The van der Waals surface area contributed by atoms with Crippen molar-refractivity contribution in [2.75, 3.05) is 38.3 Å². The van der Waals surface area contributed by atoms with E-state index in [1.807, 2.05) is 27.0 Å². The Labute approximate surface area is 193 Å². The highest BCUT2D eigenvalue weighted by Gasteiger charge is 2.53. The number of nitrogens with zero attached hydrogens (tertiary/aromatic N) is 4. The number of aromatic amines is 2. The summed E-state index contributed by atoms with van der Waals surface area (Å²) in [4.78, 5) is 25.6. The number of morpholine rings is 1. The zero-order chi connectivity index (χ0) is 22.9. The lowest BCUT2D eigenvalue weighted by atomic mass is 9.88. The SMILES string of the molecule is Cc1cc2[nH]c(-c3n[nH]c4c3C[C@@H]3C[C@]3(C)C4)nc2cc1N([13CH3])C(=O)[C@H](C)N1CCOCC1. The van der Waals surface area contributed by atoms with E-state index in [1.165, 1.54) is 17.7 Å². The lowest BCUT2D eigenvalue weighted by molar-refractivity contribution is -0.124. The van der Waals surface area contributed by atoms with E-state index in [1.54, 1.807) is 4.90 Å². The van der Waals surface area contributed by atoms with Gasteiger partial charge in [0.1, 0.15) is 5.69 Å². The molecule has 174 valence electrons. The lowest BCUT2D eigenvalue weighted by Gasteiger charge is -2.33. The van der Waals surface area contributed by atoms with E-state index in [9.17, 15) is 4.79 Å². The van der Waals surface area contributed by atoms with Crippen LogP contribution in [0.3, 0.4) is 0 Å². The Morgan fingerprint density at radius 1 is 1.33 bits per heavy atom. The number of anilines is 1. The van der Waals surface area contributed by atoms with Gasteiger partial charge in [0.05, 0.1) is 30.3 Å². The molecular formula is C25H32N6O2. The minimum absolute atomic E-state index is 0.0870. The number of ether oxygens (including phenoxy) is 1. The Morgan fingerprint density at radius 3 is 2.91 bits per heavy atom. The van der Waals surface area contributed by atoms with E-state index in [4.69, 9.17) is 9.72 Å². The van der Waals surface area contributed by atoms with E-state index in [0.717, 1.165) is 65.7 Å². The molecule has 8 heteroatoms. The largest absolute Gasteiger partial charge is 0.379 e. The van der Waals surface area contributed by atoms with Gasteiger partial charge >= 0.3 is 0 Å². The molecule has 1 aromatic carbocycles. The monoisotopic (exact) mass is 449 g/mol. The summed E-state index contributed by atoms with van der Waals surface area (Å²) in [6, 6.07) is 3.92. The summed E-state index contributed by atoms with van der Waals surface area (Å²) in [6.45, 7) is 9.34. The molecule has 0 bridgehead atoms. The molecule has 33 heavy (non-hydrogen) atoms. The molecule has 3 heterocycles. The molecule has 1 aliphatic heterocycles. The van der Waals surface area contributed by atoms with Gasteiger partial charge in [-0.05, 0) is 62.1 Å². The number of nitrogens with one attached hydrogen (secondary N) is 2. The number of amides is 1. The van der Waals surface area contributed by atoms with Gasteiger partial charge in [-0.15, -0.1) is 0 Å². The molecule has 0 spiro atoms. The number of imidazole rings is 1. The fourth-order valence-electron chi connectivity index (χ4n) is 5.80. The summed E-state index contributed by atoms with van der Waals surface area (Å²) >= 11 is 0. The van der Waals surface area contributed by atoms with Gasteiger partial charge in [0.25, 0.3) is 0 Å². The molecule has 1 saturated heterocycles. The number of carbonyl (C=O) groups excluding carboxylic acids is 1. The van der Waals surface area contributed by atoms with Gasteiger partial charge in [-0.1, -0.05) is 6.92 Å². The molecule has 3 atom stereocenters. The molecule has 0 unspecified atom stereocenters. The number of aryl methyl sites for hydroxylation is 1. The Hall–Kier alpha value is -2.71. The minimum atomic E-state index is -0.188. The number of likely N-dealkylation sites (N-methyl/N-ethyl adjacent to an activating group) is 1. The molecule has 2 fully saturated rings. The highest BCUT2D eigenvalue weighted by molar-refractivity contribution is 5.99. The van der Waals surface area contributed by atoms with E-state index in [2.05, 4.69) is 33.1 Å². The van der Waals surface area contributed by atoms with Crippen molar-refractivity contribution in [3.63, 3.8) is 0 Å². The number of carbonyl (C=O) groups is 1. The number of hydrogen-bond donors (Lipinski definition) is 2. The first-order valence-electron chi connectivity index (χ1n) is 12.0. The van der Waals surface area contributed by atoms with Gasteiger partial charge in [0, 0.05) is 37.1 Å². The molecule has 1 saturated carbocycles. The highest BCUT2D eigenvalue weighted by atomic mass is 16.5. The molecule has 3 aromatic rings. The fourth-order valence-corrected chi connectivity index (χ4v) is 5.80. The highest BCUT2D eigenvalue weighted by Crippen LogP contribution is 2.59. The van der Waals surface area contributed by atoms with Crippen molar-refractivity contribution in [3.05, 3.63) is 29.0 Å². The zero-order valence-corrected chi connectivity index (χ0v) is 19.9. The summed E-state index contributed by atoms with van der Waals surface area (Å²) in [5, 5.41) is 7.91. The van der Waals surface area contributed by atoms with Crippen molar-refractivity contribution < 1.29 is 9.53 Å². The number of benzene rings is 1. The molecule has 3 aliphatic rings. The van der Waals surface area contributed by atoms with Crippen molar-refractivity contribution >= 4 is 22.6 Å². The number of fused-ring (bicyclic) bond motifs is 3. The number of rotatable bonds is 4. The number of H-pyrrole nitrogens is 2. The molecule has 2 aliphatic carbocycles. The topological polar surface area (TPSA) is 90.1 Å². The van der Waals surface area contributed by atoms with Crippen LogP contribution in [0.4, 0.5) is 5.69 Å². The Morgan fingerprint density at radius 2 is 2.12 bits per heavy atom. The van der Waals surface area contributed by atoms with Crippen molar-refractivity contribution in [1.82, 2.24) is 25.1 Å². The summed E-state index contributed by atoms with van der Waals surface area (Å²) in [7, 11) is 1.86. The maximum absolute atomic E-state index is 13.2. The van der Waals surface area contributed by atoms with Gasteiger partial charge in [0.15, 0.2) is 5.82 Å². The maximum atomic E-state index is 13.2. The fraction of sp³-hybridized carbons (Fsp3) is 0.560. The smallest absolute Gasteiger partial charge is 0.243 e. The Bertz CT molecular complexity index is 1240. The van der Waals surface area contributed by atoms with Crippen LogP contribution in [0.5, 0.6) is 0 Å².